The first-order valence-electron chi connectivity index (χ1n) is 7.48. The summed E-state index contributed by atoms with van der Waals surface area (Å²) >= 11 is 9.41. The van der Waals surface area contributed by atoms with Crippen LogP contribution in [-0.4, -0.2) is 23.5 Å². The first-order chi connectivity index (χ1) is 11.0. The van der Waals surface area contributed by atoms with E-state index in [0.29, 0.717) is 17.2 Å². The quantitative estimate of drug-likeness (QED) is 0.674. The standard InChI is InChI=1S/C18H17BrClNO2/c1-11-10-23-17-8-5-14(19)9-16(17)12(2)21(11)18(22)13-3-6-15(20)7-4-13/h3-9,11-12H,10H2,1-2H3/t11-,12+/m1/s1. The van der Waals surface area contributed by atoms with E-state index in [1.807, 2.05) is 36.9 Å². The average molecular weight is 395 g/mol. The molecule has 120 valence electrons. The molecule has 23 heavy (non-hydrogen) atoms. The summed E-state index contributed by atoms with van der Waals surface area (Å²) in [6, 6.07) is 12.8. The number of nitrogens with zero attached hydrogens (tertiary/aromatic N) is 1. The predicted molar refractivity (Wildman–Crippen MR) is 95.1 cm³/mol. The van der Waals surface area contributed by atoms with Gasteiger partial charge in [0.15, 0.2) is 0 Å². The summed E-state index contributed by atoms with van der Waals surface area (Å²) in [5.74, 6) is 0.817. The molecule has 0 spiro atoms. The molecule has 0 N–H and O–H groups in total. The van der Waals surface area contributed by atoms with Crippen molar-refractivity contribution in [3.8, 4) is 5.75 Å². The fraction of sp³-hybridized carbons (Fsp3) is 0.278. The Morgan fingerprint density at radius 1 is 1.22 bits per heavy atom. The second kappa shape index (κ2) is 6.54. The summed E-state index contributed by atoms with van der Waals surface area (Å²) < 4.78 is 6.86. The fourth-order valence-electron chi connectivity index (χ4n) is 2.92. The van der Waals surface area contributed by atoms with Crippen molar-refractivity contribution >= 4 is 33.4 Å². The van der Waals surface area contributed by atoms with E-state index in [4.69, 9.17) is 16.3 Å². The van der Waals surface area contributed by atoms with Gasteiger partial charge in [-0.1, -0.05) is 27.5 Å². The highest BCUT2D eigenvalue weighted by Crippen LogP contribution is 2.36. The molecule has 1 heterocycles. The third-order valence-electron chi connectivity index (χ3n) is 4.12. The van der Waals surface area contributed by atoms with Gasteiger partial charge in [-0.25, -0.2) is 0 Å². The molecule has 0 saturated carbocycles. The number of benzene rings is 2. The molecule has 0 aliphatic carbocycles. The summed E-state index contributed by atoms with van der Waals surface area (Å²) in [6.45, 7) is 4.51. The lowest BCUT2D eigenvalue weighted by Crippen LogP contribution is -2.41. The summed E-state index contributed by atoms with van der Waals surface area (Å²) in [7, 11) is 0. The average Bonchev–Trinajstić information content (AvgIpc) is 2.65. The minimum absolute atomic E-state index is 0.0157. The van der Waals surface area contributed by atoms with Crippen LogP contribution in [0.2, 0.25) is 5.02 Å². The highest BCUT2D eigenvalue weighted by molar-refractivity contribution is 9.10. The monoisotopic (exact) mass is 393 g/mol. The van der Waals surface area contributed by atoms with Crippen LogP contribution in [0.1, 0.15) is 35.8 Å². The molecule has 0 radical (unpaired) electrons. The van der Waals surface area contributed by atoms with E-state index in [0.717, 1.165) is 15.8 Å². The molecule has 0 aromatic heterocycles. The van der Waals surface area contributed by atoms with E-state index in [-0.39, 0.29) is 18.0 Å². The SMILES string of the molecule is C[C@@H]1COc2ccc(Br)cc2[C@H](C)N1C(=O)c1ccc(Cl)cc1. The van der Waals surface area contributed by atoms with E-state index in [9.17, 15) is 4.79 Å². The zero-order chi connectivity index (χ0) is 16.6. The van der Waals surface area contributed by atoms with E-state index in [1.165, 1.54) is 0 Å². The number of ether oxygens (including phenoxy) is 1. The topological polar surface area (TPSA) is 29.5 Å². The van der Waals surface area contributed by atoms with Crippen LogP contribution < -0.4 is 4.74 Å². The number of hydrogen-bond donors (Lipinski definition) is 0. The van der Waals surface area contributed by atoms with Crippen LogP contribution in [0.3, 0.4) is 0 Å². The van der Waals surface area contributed by atoms with Gasteiger partial charge in [-0.3, -0.25) is 4.79 Å². The van der Waals surface area contributed by atoms with E-state index in [1.54, 1.807) is 24.3 Å². The third-order valence-corrected chi connectivity index (χ3v) is 4.86. The number of fused-ring (bicyclic) bond motifs is 1. The minimum atomic E-state index is -0.0804. The minimum Gasteiger partial charge on any atom is -0.491 e. The van der Waals surface area contributed by atoms with Gasteiger partial charge in [-0.05, 0) is 56.3 Å². The Bertz CT molecular complexity index is 732. The maximum Gasteiger partial charge on any atom is 0.254 e. The molecule has 5 heteroatoms. The van der Waals surface area contributed by atoms with Crippen molar-refractivity contribution in [1.82, 2.24) is 4.90 Å². The van der Waals surface area contributed by atoms with Crippen molar-refractivity contribution in [2.75, 3.05) is 6.61 Å². The maximum atomic E-state index is 13.0. The van der Waals surface area contributed by atoms with E-state index in [2.05, 4.69) is 15.9 Å². The van der Waals surface area contributed by atoms with Gasteiger partial charge in [-0.15, -0.1) is 0 Å². The Kier molecular flexibility index (Phi) is 4.64. The Labute approximate surface area is 149 Å². The molecular formula is C18H17BrClNO2. The molecule has 0 saturated heterocycles. The van der Waals surface area contributed by atoms with Crippen LogP contribution in [0.4, 0.5) is 0 Å². The summed E-state index contributed by atoms with van der Waals surface area (Å²) in [5, 5.41) is 0.621. The molecule has 3 rings (SSSR count). The van der Waals surface area contributed by atoms with Crippen molar-refractivity contribution in [2.24, 2.45) is 0 Å². The van der Waals surface area contributed by atoms with Crippen molar-refractivity contribution < 1.29 is 9.53 Å². The summed E-state index contributed by atoms with van der Waals surface area (Å²) in [5.41, 5.74) is 1.64. The van der Waals surface area contributed by atoms with Crippen LogP contribution in [0.15, 0.2) is 46.9 Å². The van der Waals surface area contributed by atoms with Gasteiger partial charge in [0.1, 0.15) is 12.4 Å². The third kappa shape index (κ3) is 3.24. The zero-order valence-electron chi connectivity index (χ0n) is 12.9. The van der Waals surface area contributed by atoms with Crippen molar-refractivity contribution in [2.45, 2.75) is 25.9 Å². The van der Waals surface area contributed by atoms with Crippen LogP contribution >= 0.6 is 27.5 Å². The van der Waals surface area contributed by atoms with Crippen molar-refractivity contribution in [3.63, 3.8) is 0 Å². The number of halogens is 2. The molecule has 1 aliphatic heterocycles. The van der Waals surface area contributed by atoms with Gasteiger partial charge >= 0.3 is 0 Å². The van der Waals surface area contributed by atoms with Gasteiger partial charge in [0.05, 0.1) is 12.1 Å². The van der Waals surface area contributed by atoms with Gasteiger partial charge in [0, 0.05) is 20.6 Å². The first-order valence-corrected chi connectivity index (χ1v) is 8.65. The predicted octanol–water partition coefficient (Wildman–Crippen LogP) is 5.09. The van der Waals surface area contributed by atoms with E-state index >= 15 is 0 Å². The molecule has 0 bridgehead atoms. The molecule has 2 aromatic carbocycles. The molecule has 0 unspecified atom stereocenters. The molecular weight excluding hydrogens is 378 g/mol. The van der Waals surface area contributed by atoms with Crippen molar-refractivity contribution in [1.29, 1.82) is 0 Å². The number of carbonyl (C=O) groups is 1. The molecule has 1 amide bonds. The number of carbonyl (C=O) groups excluding carboxylic acids is 1. The Morgan fingerprint density at radius 2 is 1.91 bits per heavy atom. The van der Waals surface area contributed by atoms with Crippen molar-refractivity contribution in [3.05, 3.63) is 63.1 Å². The highest BCUT2D eigenvalue weighted by atomic mass is 79.9. The summed E-state index contributed by atoms with van der Waals surface area (Å²) in [6.07, 6.45) is 0. The molecule has 1 aliphatic rings. The summed E-state index contributed by atoms with van der Waals surface area (Å²) in [4.78, 5) is 14.9. The molecule has 2 aromatic rings. The zero-order valence-corrected chi connectivity index (χ0v) is 15.3. The lowest BCUT2D eigenvalue weighted by Gasteiger charge is -2.32. The second-order valence-corrected chi connectivity index (χ2v) is 7.09. The van der Waals surface area contributed by atoms with Crippen LogP contribution in [0, 0.1) is 0 Å². The number of rotatable bonds is 1. The molecule has 2 atom stereocenters. The first kappa shape index (κ1) is 16.3. The maximum absolute atomic E-state index is 13.0. The fourth-order valence-corrected chi connectivity index (χ4v) is 3.42. The smallest absolute Gasteiger partial charge is 0.254 e. The van der Waals surface area contributed by atoms with E-state index < -0.39 is 0 Å². The normalized spacial score (nSPS) is 20.4. The van der Waals surface area contributed by atoms with Crippen LogP contribution in [-0.2, 0) is 0 Å². The highest BCUT2D eigenvalue weighted by Gasteiger charge is 2.32. The molecule has 3 nitrogen and oxygen atoms in total. The van der Waals surface area contributed by atoms with Gasteiger partial charge in [0.25, 0.3) is 5.91 Å². The Hall–Kier alpha value is -1.52. The Morgan fingerprint density at radius 3 is 2.61 bits per heavy atom. The number of hydrogen-bond acceptors (Lipinski definition) is 2. The Balaban J connectivity index is 1.99. The van der Waals surface area contributed by atoms with Gasteiger partial charge < -0.3 is 9.64 Å². The van der Waals surface area contributed by atoms with Crippen LogP contribution in [0.5, 0.6) is 5.75 Å². The van der Waals surface area contributed by atoms with Crippen LogP contribution in [0.25, 0.3) is 0 Å². The lowest BCUT2D eigenvalue weighted by molar-refractivity contribution is 0.0576. The molecule has 0 fully saturated rings. The second-order valence-electron chi connectivity index (χ2n) is 5.74. The largest absolute Gasteiger partial charge is 0.491 e. The van der Waals surface area contributed by atoms with Gasteiger partial charge in [-0.2, -0.15) is 0 Å². The number of amides is 1. The van der Waals surface area contributed by atoms with Gasteiger partial charge in [0.2, 0.25) is 0 Å². The lowest BCUT2D eigenvalue weighted by atomic mass is 10.0.